The third kappa shape index (κ3) is 6.00. The summed E-state index contributed by atoms with van der Waals surface area (Å²) in [6.07, 6.45) is 9.34. The highest BCUT2D eigenvalue weighted by molar-refractivity contribution is 5.47. The van der Waals surface area contributed by atoms with Crippen LogP contribution in [0, 0.1) is 0 Å². The first-order valence-electron chi connectivity index (χ1n) is 6.42. The first-order valence-corrected chi connectivity index (χ1v) is 6.42. The number of hydrogen-bond donors (Lipinski definition) is 1. The van der Waals surface area contributed by atoms with Crippen LogP contribution in [-0.4, -0.2) is 13.7 Å². The van der Waals surface area contributed by atoms with Gasteiger partial charge in [-0.25, -0.2) is 0 Å². The van der Waals surface area contributed by atoms with Crippen molar-refractivity contribution in [3.63, 3.8) is 0 Å². The second kappa shape index (κ2) is 8.68. The summed E-state index contributed by atoms with van der Waals surface area (Å²) < 4.78 is 5.63. The molecule has 0 amide bonds. The van der Waals surface area contributed by atoms with Crippen molar-refractivity contribution in [1.82, 2.24) is 0 Å². The van der Waals surface area contributed by atoms with Gasteiger partial charge in [0.1, 0.15) is 12.4 Å². The Bertz CT molecular complexity index is 333. The van der Waals surface area contributed by atoms with Crippen molar-refractivity contribution in [2.24, 2.45) is 0 Å². The summed E-state index contributed by atoms with van der Waals surface area (Å²) in [6, 6.07) is 8.00. The molecule has 17 heavy (non-hydrogen) atoms. The molecule has 1 N–H and O–H groups in total. The molecular weight excluding hydrogens is 210 g/mol. The van der Waals surface area contributed by atoms with Crippen molar-refractivity contribution >= 4 is 5.69 Å². The zero-order chi connectivity index (χ0) is 12.3. The topological polar surface area (TPSA) is 21.3 Å². The Morgan fingerprint density at radius 3 is 2.88 bits per heavy atom. The van der Waals surface area contributed by atoms with Crippen LogP contribution in [0.4, 0.5) is 5.69 Å². The number of hydrogen-bond acceptors (Lipinski definition) is 2. The molecule has 0 fully saturated rings. The summed E-state index contributed by atoms with van der Waals surface area (Å²) in [4.78, 5) is 0. The Hall–Kier alpha value is -1.44. The maximum atomic E-state index is 5.63. The predicted octanol–water partition coefficient (Wildman–Crippen LogP) is 4.24. The van der Waals surface area contributed by atoms with Gasteiger partial charge in [-0.3, -0.25) is 0 Å². The molecule has 2 heteroatoms. The van der Waals surface area contributed by atoms with Gasteiger partial charge in [-0.2, -0.15) is 0 Å². The van der Waals surface area contributed by atoms with Gasteiger partial charge in [0.15, 0.2) is 0 Å². The fourth-order valence-electron chi connectivity index (χ4n) is 1.58. The molecule has 1 aromatic rings. The maximum Gasteiger partial charge on any atom is 0.121 e. The highest BCUT2D eigenvalue weighted by Gasteiger charge is 1.93. The summed E-state index contributed by atoms with van der Waals surface area (Å²) in [6.45, 7) is 2.88. The van der Waals surface area contributed by atoms with Gasteiger partial charge in [0, 0.05) is 18.8 Å². The van der Waals surface area contributed by atoms with Crippen LogP contribution in [0.1, 0.15) is 32.6 Å². The van der Waals surface area contributed by atoms with Crippen LogP contribution >= 0.6 is 0 Å². The number of nitrogens with one attached hydrogen (secondary N) is 1. The van der Waals surface area contributed by atoms with Crippen LogP contribution in [-0.2, 0) is 0 Å². The zero-order valence-corrected chi connectivity index (χ0v) is 10.9. The first kappa shape index (κ1) is 13.6. The lowest BCUT2D eigenvalue weighted by atomic mass is 10.2. The number of anilines is 1. The standard InChI is InChI=1S/C15H23NO/c1-3-4-5-6-7-8-12-17-15-11-9-10-14(13-15)16-2/h7-11,13,16H,3-6,12H2,1-2H3/b8-7+. The molecule has 1 aromatic carbocycles. The molecule has 0 spiro atoms. The summed E-state index contributed by atoms with van der Waals surface area (Å²) in [5.74, 6) is 0.912. The van der Waals surface area contributed by atoms with E-state index in [9.17, 15) is 0 Å². The van der Waals surface area contributed by atoms with Crippen LogP contribution in [0.3, 0.4) is 0 Å². The van der Waals surface area contributed by atoms with Crippen LogP contribution in [0.2, 0.25) is 0 Å². The number of ether oxygens (including phenoxy) is 1. The van der Waals surface area contributed by atoms with Gasteiger partial charge in [-0.05, 0) is 25.0 Å². The van der Waals surface area contributed by atoms with E-state index in [1.165, 1.54) is 19.3 Å². The number of unbranched alkanes of at least 4 members (excludes halogenated alkanes) is 3. The lowest BCUT2D eigenvalue weighted by molar-refractivity contribution is 0.362. The van der Waals surface area contributed by atoms with E-state index in [4.69, 9.17) is 4.74 Å². The SMILES string of the molecule is CCCCC/C=C/COc1cccc(NC)c1. The zero-order valence-electron chi connectivity index (χ0n) is 10.9. The number of benzene rings is 1. The molecule has 0 heterocycles. The van der Waals surface area contributed by atoms with Gasteiger partial charge in [0.05, 0.1) is 0 Å². The Morgan fingerprint density at radius 2 is 2.12 bits per heavy atom. The minimum Gasteiger partial charge on any atom is -0.489 e. The summed E-state index contributed by atoms with van der Waals surface area (Å²) in [5.41, 5.74) is 1.08. The van der Waals surface area contributed by atoms with E-state index >= 15 is 0 Å². The molecule has 0 saturated heterocycles. The fourth-order valence-corrected chi connectivity index (χ4v) is 1.58. The van der Waals surface area contributed by atoms with E-state index < -0.39 is 0 Å². The highest BCUT2D eigenvalue weighted by atomic mass is 16.5. The molecule has 0 aromatic heterocycles. The summed E-state index contributed by atoms with van der Waals surface area (Å²) >= 11 is 0. The average Bonchev–Trinajstić information content (AvgIpc) is 2.38. The smallest absolute Gasteiger partial charge is 0.121 e. The van der Waals surface area contributed by atoms with E-state index in [1.807, 2.05) is 31.3 Å². The monoisotopic (exact) mass is 233 g/mol. The minimum atomic E-state index is 0.652. The Morgan fingerprint density at radius 1 is 1.24 bits per heavy atom. The molecule has 94 valence electrons. The molecule has 1 rings (SSSR count). The molecule has 0 radical (unpaired) electrons. The molecule has 0 aliphatic carbocycles. The lowest BCUT2D eigenvalue weighted by Crippen LogP contribution is -1.94. The van der Waals surface area contributed by atoms with Crippen LogP contribution in [0.15, 0.2) is 36.4 Å². The number of allylic oxidation sites excluding steroid dienone is 1. The van der Waals surface area contributed by atoms with Crippen molar-refractivity contribution in [1.29, 1.82) is 0 Å². The quantitative estimate of drug-likeness (QED) is 0.535. The van der Waals surface area contributed by atoms with E-state index in [1.54, 1.807) is 0 Å². The van der Waals surface area contributed by atoms with Gasteiger partial charge in [-0.1, -0.05) is 38.0 Å². The summed E-state index contributed by atoms with van der Waals surface area (Å²) in [5, 5.41) is 3.09. The van der Waals surface area contributed by atoms with Gasteiger partial charge >= 0.3 is 0 Å². The van der Waals surface area contributed by atoms with Crippen molar-refractivity contribution < 1.29 is 4.74 Å². The molecule has 0 unspecified atom stereocenters. The van der Waals surface area contributed by atoms with Crippen LogP contribution in [0.5, 0.6) is 5.75 Å². The molecule has 0 aliphatic heterocycles. The lowest BCUT2D eigenvalue weighted by Gasteiger charge is -2.05. The number of rotatable bonds is 8. The average molecular weight is 233 g/mol. The first-order chi connectivity index (χ1) is 8.36. The molecule has 0 saturated carbocycles. The molecule has 0 aliphatic rings. The highest BCUT2D eigenvalue weighted by Crippen LogP contribution is 2.16. The van der Waals surface area contributed by atoms with Crippen molar-refractivity contribution in [2.45, 2.75) is 32.6 Å². The normalized spacial score (nSPS) is 10.7. The van der Waals surface area contributed by atoms with Crippen molar-refractivity contribution in [3.05, 3.63) is 36.4 Å². The van der Waals surface area contributed by atoms with Crippen molar-refractivity contribution in [3.8, 4) is 5.75 Å². The van der Waals surface area contributed by atoms with E-state index in [0.29, 0.717) is 6.61 Å². The second-order valence-corrected chi connectivity index (χ2v) is 4.06. The second-order valence-electron chi connectivity index (χ2n) is 4.06. The summed E-state index contributed by atoms with van der Waals surface area (Å²) in [7, 11) is 1.91. The van der Waals surface area contributed by atoms with Crippen LogP contribution < -0.4 is 10.1 Å². The fraction of sp³-hybridized carbons (Fsp3) is 0.467. The predicted molar refractivity (Wildman–Crippen MR) is 74.8 cm³/mol. The van der Waals surface area contributed by atoms with Crippen LogP contribution in [0.25, 0.3) is 0 Å². The Labute approximate surface area is 105 Å². The van der Waals surface area contributed by atoms with Crippen molar-refractivity contribution in [2.75, 3.05) is 19.0 Å². The van der Waals surface area contributed by atoms with Gasteiger partial charge in [0.2, 0.25) is 0 Å². The molecule has 2 nitrogen and oxygen atoms in total. The molecule has 0 bridgehead atoms. The molecular formula is C15H23NO. The largest absolute Gasteiger partial charge is 0.489 e. The third-order valence-electron chi connectivity index (χ3n) is 2.61. The van der Waals surface area contributed by atoms with E-state index in [-0.39, 0.29) is 0 Å². The van der Waals surface area contributed by atoms with Gasteiger partial charge in [0.25, 0.3) is 0 Å². The third-order valence-corrected chi connectivity index (χ3v) is 2.61. The molecule has 0 atom stereocenters. The maximum absolute atomic E-state index is 5.63. The Kier molecular flexibility index (Phi) is 6.96. The van der Waals surface area contributed by atoms with Gasteiger partial charge in [-0.15, -0.1) is 0 Å². The van der Waals surface area contributed by atoms with E-state index in [0.717, 1.165) is 17.9 Å². The minimum absolute atomic E-state index is 0.652. The van der Waals surface area contributed by atoms with Gasteiger partial charge < -0.3 is 10.1 Å². The van der Waals surface area contributed by atoms with E-state index in [2.05, 4.69) is 24.4 Å². The Balaban J connectivity index is 2.21.